The number of carboxylic acid groups (broad SMARTS) is 1. The summed E-state index contributed by atoms with van der Waals surface area (Å²) in [6.07, 6.45) is 0. The first-order valence-electron chi connectivity index (χ1n) is 7.12. The molecule has 126 valence electrons. The maximum absolute atomic E-state index is 12.9. The van der Waals surface area contributed by atoms with Gasteiger partial charge in [-0.2, -0.15) is 0 Å². The Kier molecular flexibility index (Phi) is 5.08. The number of ketones is 1. The standard InChI is InChI=1S/C18H18O6/c1-10-8-15(24-4)12(9-14(10)23-3)17(19)11-6-5-7-13(22-2)16(11)18(20)21/h5-9H,1-4H3,(H,20,21). The molecular weight excluding hydrogens is 312 g/mol. The van der Waals surface area contributed by atoms with E-state index >= 15 is 0 Å². The zero-order valence-electron chi connectivity index (χ0n) is 13.9. The molecule has 0 unspecified atom stereocenters. The molecule has 0 aliphatic heterocycles. The first-order valence-corrected chi connectivity index (χ1v) is 7.12. The van der Waals surface area contributed by atoms with Crippen LogP contribution >= 0.6 is 0 Å². The predicted molar refractivity (Wildman–Crippen MR) is 87.7 cm³/mol. The molecule has 0 amide bonds. The Morgan fingerprint density at radius 3 is 2.04 bits per heavy atom. The Hall–Kier alpha value is -3.02. The number of hydrogen-bond donors (Lipinski definition) is 1. The van der Waals surface area contributed by atoms with Crippen molar-refractivity contribution >= 4 is 11.8 Å². The highest BCUT2D eigenvalue weighted by Gasteiger charge is 2.25. The summed E-state index contributed by atoms with van der Waals surface area (Å²) in [6, 6.07) is 7.72. The van der Waals surface area contributed by atoms with Crippen LogP contribution in [0.1, 0.15) is 31.8 Å². The largest absolute Gasteiger partial charge is 0.496 e. The van der Waals surface area contributed by atoms with E-state index in [0.29, 0.717) is 11.5 Å². The smallest absolute Gasteiger partial charge is 0.340 e. The normalized spacial score (nSPS) is 10.2. The molecule has 6 heteroatoms. The van der Waals surface area contributed by atoms with E-state index in [9.17, 15) is 14.7 Å². The van der Waals surface area contributed by atoms with Crippen molar-refractivity contribution in [3.63, 3.8) is 0 Å². The van der Waals surface area contributed by atoms with Gasteiger partial charge in [-0.05, 0) is 36.8 Å². The van der Waals surface area contributed by atoms with E-state index < -0.39 is 11.8 Å². The molecule has 2 aromatic rings. The van der Waals surface area contributed by atoms with Gasteiger partial charge in [0.2, 0.25) is 0 Å². The first kappa shape index (κ1) is 17.3. The van der Waals surface area contributed by atoms with Gasteiger partial charge in [-0.25, -0.2) is 4.79 Å². The van der Waals surface area contributed by atoms with Crippen LogP contribution in [0.4, 0.5) is 0 Å². The minimum atomic E-state index is -1.24. The molecule has 0 aromatic heterocycles. The van der Waals surface area contributed by atoms with Crippen LogP contribution in [0.3, 0.4) is 0 Å². The Labute approximate surface area is 139 Å². The number of carbonyl (C=O) groups excluding carboxylic acids is 1. The average molecular weight is 330 g/mol. The zero-order chi connectivity index (χ0) is 17.9. The SMILES string of the molecule is COc1cc(C(=O)c2cccc(OC)c2C(=O)O)c(OC)cc1C. The molecule has 24 heavy (non-hydrogen) atoms. The number of hydrogen-bond acceptors (Lipinski definition) is 5. The highest BCUT2D eigenvalue weighted by atomic mass is 16.5. The molecule has 0 fully saturated rings. The second kappa shape index (κ2) is 7.04. The molecule has 0 bridgehead atoms. The molecular formula is C18H18O6. The van der Waals surface area contributed by atoms with Crippen molar-refractivity contribution in [2.24, 2.45) is 0 Å². The zero-order valence-corrected chi connectivity index (χ0v) is 13.9. The molecule has 0 heterocycles. The number of aryl methyl sites for hydroxylation is 1. The van der Waals surface area contributed by atoms with Gasteiger partial charge in [0.15, 0.2) is 5.78 Å². The van der Waals surface area contributed by atoms with Crippen molar-refractivity contribution < 1.29 is 28.9 Å². The Morgan fingerprint density at radius 2 is 1.50 bits per heavy atom. The molecule has 2 rings (SSSR count). The summed E-state index contributed by atoms with van der Waals surface area (Å²) in [4.78, 5) is 24.5. The fraction of sp³-hybridized carbons (Fsp3) is 0.222. The lowest BCUT2D eigenvalue weighted by Crippen LogP contribution is -2.12. The average Bonchev–Trinajstić information content (AvgIpc) is 2.59. The number of aromatic carboxylic acids is 1. The van der Waals surface area contributed by atoms with Crippen molar-refractivity contribution in [1.29, 1.82) is 0 Å². The quantitative estimate of drug-likeness (QED) is 0.820. The predicted octanol–water partition coefficient (Wildman–Crippen LogP) is 2.95. The third-order valence-electron chi connectivity index (χ3n) is 3.67. The summed E-state index contributed by atoms with van der Waals surface area (Å²) in [5, 5.41) is 9.46. The maximum Gasteiger partial charge on any atom is 0.340 e. The van der Waals surface area contributed by atoms with Crippen molar-refractivity contribution in [2.75, 3.05) is 21.3 Å². The van der Waals surface area contributed by atoms with Crippen LogP contribution in [0.15, 0.2) is 30.3 Å². The summed E-state index contributed by atoms with van der Waals surface area (Å²) in [7, 11) is 4.30. The van der Waals surface area contributed by atoms with E-state index in [1.807, 2.05) is 6.92 Å². The van der Waals surface area contributed by atoms with Crippen LogP contribution in [0.2, 0.25) is 0 Å². The number of carboxylic acids is 1. The molecule has 1 N–H and O–H groups in total. The van der Waals surface area contributed by atoms with Gasteiger partial charge in [0.1, 0.15) is 22.8 Å². The fourth-order valence-corrected chi connectivity index (χ4v) is 2.48. The van der Waals surface area contributed by atoms with Gasteiger partial charge in [0, 0.05) is 5.56 Å². The van der Waals surface area contributed by atoms with Gasteiger partial charge in [0.05, 0.1) is 26.9 Å². The maximum atomic E-state index is 12.9. The van der Waals surface area contributed by atoms with Crippen LogP contribution in [-0.2, 0) is 0 Å². The van der Waals surface area contributed by atoms with Gasteiger partial charge in [-0.1, -0.05) is 6.07 Å². The Bertz CT molecular complexity index is 794. The minimum Gasteiger partial charge on any atom is -0.496 e. The molecule has 0 saturated heterocycles. The van der Waals surface area contributed by atoms with E-state index in [2.05, 4.69) is 0 Å². The first-order chi connectivity index (χ1) is 11.4. The lowest BCUT2D eigenvalue weighted by molar-refractivity contribution is 0.0689. The minimum absolute atomic E-state index is 0.0195. The van der Waals surface area contributed by atoms with Gasteiger partial charge in [-0.3, -0.25) is 4.79 Å². The Balaban J connectivity index is 2.68. The van der Waals surface area contributed by atoms with E-state index in [1.165, 1.54) is 33.5 Å². The lowest BCUT2D eigenvalue weighted by Gasteiger charge is -2.14. The van der Waals surface area contributed by atoms with Gasteiger partial charge in [-0.15, -0.1) is 0 Å². The van der Waals surface area contributed by atoms with E-state index in [0.717, 1.165) is 5.56 Å². The summed E-state index contributed by atoms with van der Waals surface area (Å²) in [5.74, 6) is -0.752. The molecule has 6 nitrogen and oxygen atoms in total. The molecule has 0 aliphatic rings. The summed E-state index contributed by atoms with van der Waals surface area (Å²) < 4.78 is 15.6. The number of benzene rings is 2. The van der Waals surface area contributed by atoms with Crippen molar-refractivity contribution in [1.82, 2.24) is 0 Å². The topological polar surface area (TPSA) is 82.1 Å². The van der Waals surface area contributed by atoms with E-state index in [4.69, 9.17) is 14.2 Å². The van der Waals surface area contributed by atoms with Gasteiger partial charge >= 0.3 is 5.97 Å². The highest BCUT2D eigenvalue weighted by Crippen LogP contribution is 2.32. The second-order valence-electron chi connectivity index (χ2n) is 5.04. The number of rotatable bonds is 6. The monoisotopic (exact) mass is 330 g/mol. The van der Waals surface area contributed by atoms with Crippen molar-refractivity contribution in [3.05, 3.63) is 52.6 Å². The molecule has 0 radical (unpaired) electrons. The third-order valence-corrected chi connectivity index (χ3v) is 3.67. The number of methoxy groups -OCH3 is 3. The fourth-order valence-electron chi connectivity index (χ4n) is 2.48. The second-order valence-corrected chi connectivity index (χ2v) is 5.04. The van der Waals surface area contributed by atoms with Gasteiger partial charge < -0.3 is 19.3 Å². The number of carbonyl (C=O) groups is 2. The van der Waals surface area contributed by atoms with E-state index in [1.54, 1.807) is 18.2 Å². The number of ether oxygens (including phenoxy) is 3. The summed E-state index contributed by atoms with van der Waals surface area (Å²) in [5.41, 5.74) is 0.850. The molecule has 2 aromatic carbocycles. The lowest BCUT2D eigenvalue weighted by atomic mass is 9.96. The third kappa shape index (κ3) is 3.03. The van der Waals surface area contributed by atoms with Crippen molar-refractivity contribution in [3.8, 4) is 17.2 Å². The van der Waals surface area contributed by atoms with Crippen molar-refractivity contribution in [2.45, 2.75) is 6.92 Å². The van der Waals surface area contributed by atoms with Crippen LogP contribution in [-0.4, -0.2) is 38.2 Å². The Morgan fingerprint density at radius 1 is 0.875 bits per heavy atom. The molecule has 0 aliphatic carbocycles. The highest BCUT2D eigenvalue weighted by molar-refractivity contribution is 6.16. The van der Waals surface area contributed by atoms with Crippen LogP contribution < -0.4 is 14.2 Å². The summed E-state index contributed by atoms with van der Waals surface area (Å²) >= 11 is 0. The van der Waals surface area contributed by atoms with Gasteiger partial charge in [0.25, 0.3) is 0 Å². The van der Waals surface area contributed by atoms with E-state index in [-0.39, 0.29) is 22.4 Å². The summed E-state index contributed by atoms with van der Waals surface area (Å²) in [6.45, 7) is 1.82. The molecule has 0 saturated carbocycles. The molecule has 0 spiro atoms. The molecule has 0 atom stereocenters. The van der Waals surface area contributed by atoms with Crippen LogP contribution in [0.5, 0.6) is 17.2 Å². The van der Waals surface area contributed by atoms with Crippen LogP contribution in [0.25, 0.3) is 0 Å². The van der Waals surface area contributed by atoms with Crippen LogP contribution in [0, 0.1) is 6.92 Å².